The Morgan fingerprint density at radius 1 is 1.05 bits per heavy atom. The number of aromatic nitrogens is 2. The van der Waals surface area contributed by atoms with E-state index in [1.54, 1.807) is 0 Å². The fourth-order valence-electron chi connectivity index (χ4n) is 6.20. The van der Waals surface area contributed by atoms with Gasteiger partial charge < -0.3 is 24.7 Å². The largest absolute Gasteiger partial charge is 0.479 e. The van der Waals surface area contributed by atoms with E-state index < -0.39 is 12.6 Å². The van der Waals surface area contributed by atoms with Crippen LogP contribution in [-0.4, -0.2) is 69.9 Å². The van der Waals surface area contributed by atoms with Crippen LogP contribution >= 0.6 is 0 Å². The molecule has 1 aromatic carbocycles. The van der Waals surface area contributed by atoms with Crippen molar-refractivity contribution < 1.29 is 19.5 Å². The maximum Gasteiger partial charge on any atom is 0.344 e. The summed E-state index contributed by atoms with van der Waals surface area (Å²) in [4.78, 5) is 49.3. The van der Waals surface area contributed by atoms with Crippen LogP contribution in [0.25, 0.3) is 11.0 Å². The highest BCUT2D eigenvalue weighted by atomic mass is 16.6. The summed E-state index contributed by atoms with van der Waals surface area (Å²) in [6.45, 7) is 3.63. The second-order valence-electron chi connectivity index (χ2n) is 11.3. The van der Waals surface area contributed by atoms with Gasteiger partial charge in [-0.2, -0.15) is 0 Å². The first-order chi connectivity index (χ1) is 19.4. The number of hydrogen-bond acceptors (Lipinski definition) is 7. The number of nitrogens with one attached hydrogen (secondary N) is 1. The van der Waals surface area contributed by atoms with Gasteiger partial charge in [0.05, 0.1) is 11.0 Å². The van der Waals surface area contributed by atoms with E-state index in [1.165, 1.54) is 52.0 Å². The van der Waals surface area contributed by atoms with E-state index in [0.717, 1.165) is 37.4 Å². The predicted molar refractivity (Wildman–Crippen MR) is 155 cm³/mol. The van der Waals surface area contributed by atoms with Crippen molar-refractivity contribution in [2.75, 3.05) is 26.7 Å². The molecule has 0 bridgehead atoms. The minimum Gasteiger partial charge on any atom is -0.479 e. The lowest BCUT2D eigenvalue weighted by Gasteiger charge is -2.39. The molecule has 2 N–H and O–H groups in total. The van der Waals surface area contributed by atoms with Gasteiger partial charge in [-0.25, -0.2) is 9.78 Å². The monoisotopic (exact) mass is 553 g/mol. The van der Waals surface area contributed by atoms with Crippen molar-refractivity contribution in [1.29, 1.82) is 0 Å². The molecular weight excluding hydrogens is 510 g/mol. The number of carbonyl (C=O) groups is 2. The van der Waals surface area contributed by atoms with Crippen LogP contribution in [0.1, 0.15) is 89.3 Å². The lowest BCUT2D eigenvalue weighted by Crippen LogP contribution is -2.44. The van der Waals surface area contributed by atoms with Crippen molar-refractivity contribution in [1.82, 2.24) is 19.8 Å². The molecule has 10 heteroatoms. The van der Waals surface area contributed by atoms with Crippen LogP contribution in [0.15, 0.2) is 34.2 Å². The zero-order chi connectivity index (χ0) is 28.5. The minimum atomic E-state index is -1.18. The summed E-state index contributed by atoms with van der Waals surface area (Å²) < 4.78 is 1.84. The maximum absolute atomic E-state index is 14.0. The van der Waals surface area contributed by atoms with Gasteiger partial charge in [-0.15, -0.1) is 0 Å². The van der Waals surface area contributed by atoms with Gasteiger partial charge in [0, 0.05) is 45.1 Å². The molecule has 2 aromatic rings. The van der Waals surface area contributed by atoms with E-state index in [1.807, 2.05) is 28.8 Å². The number of para-hydroxylation sites is 2. The van der Waals surface area contributed by atoms with E-state index in [4.69, 9.17) is 9.94 Å². The fraction of sp³-hybridized carbons (Fsp3) is 0.633. The molecule has 1 aliphatic carbocycles. The Bertz CT molecular complexity index is 1250. The number of amides is 1. The summed E-state index contributed by atoms with van der Waals surface area (Å²) in [5.41, 5.74) is 1.40. The maximum atomic E-state index is 14.0. The molecule has 1 saturated carbocycles. The van der Waals surface area contributed by atoms with Crippen molar-refractivity contribution >= 4 is 28.6 Å². The van der Waals surface area contributed by atoms with Gasteiger partial charge >= 0.3 is 5.97 Å². The van der Waals surface area contributed by atoms with Crippen LogP contribution in [0, 0.1) is 5.92 Å². The molecule has 0 spiro atoms. The van der Waals surface area contributed by atoms with Crippen molar-refractivity contribution in [3.8, 4) is 0 Å². The SMILES string of the molecule is CNC(=O)CC/C(=N\OCC(=O)O)c1nc2ccccc2n(C2CCN([C@@H]3CCCCCC[C@@H](C)C3)CC2)c1=O. The zero-order valence-corrected chi connectivity index (χ0v) is 23.8. The van der Waals surface area contributed by atoms with E-state index in [2.05, 4.69) is 27.3 Å². The number of aliphatic carboxylic acids is 1. The molecule has 218 valence electrons. The minimum absolute atomic E-state index is 0.00397. The molecule has 2 atom stereocenters. The number of nitrogens with zero attached hydrogens (tertiary/aromatic N) is 4. The molecule has 2 heterocycles. The predicted octanol–water partition coefficient (Wildman–Crippen LogP) is 4.11. The normalized spacial score (nSPS) is 21.8. The number of benzene rings is 1. The van der Waals surface area contributed by atoms with Crippen molar-refractivity contribution in [2.45, 2.75) is 89.6 Å². The van der Waals surface area contributed by atoms with E-state index in [9.17, 15) is 14.4 Å². The molecule has 10 nitrogen and oxygen atoms in total. The second kappa shape index (κ2) is 14.4. The Hall–Kier alpha value is -3.27. The molecule has 1 aromatic heterocycles. The molecule has 2 fully saturated rings. The third-order valence-corrected chi connectivity index (χ3v) is 8.34. The number of carbonyl (C=O) groups excluding carboxylic acids is 1. The number of carboxylic acid groups (broad SMARTS) is 1. The summed E-state index contributed by atoms with van der Waals surface area (Å²) in [6, 6.07) is 8.16. The highest BCUT2D eigenvalue weighted by molar-refractivity contribution is 6.01. The Morgan fingerprint density at radius 3 is 2.50 bits per heavy atom. The van der Waals surface area contributed by atoms with Crippen molar-refractivity contribution in [2.24, 2.45) is 11.1 Å². The molecule has 4 rings (SSSR count). The van der Waals surface area contributed by atoms with E-state index >= 15 is 0 Å². The Morgan fingerprint density at radius 2 is 1.77 bits per heavy atom. The molecule has 0 unspecified atom stereocenters. The molecule has 2 aliphatic rings. The first-order valence-electron chi connectivity index (χ1n) is 14.7. The number of fused-ring (bicyclic) bond motifs is 1. The van der Waals surface area contributed by atoms with Gasteiger partial charge in [-0.1, -0.05) is 56.3 Å². The summed E-state index contributed by atoms with van der Waals surface area (Å²) in [5.74, 6) is -0.663. The summed E-state index contributed by atoms with van der Waals surface area (Å²) in [6.07, 6.45) is 11.0. The molecule has 1 saturated heterocycles. The lowest BCUT2D eigenvalue weighted by molar-refractivity contribution is -0.142. The Labute approximate surface area is 235 Å². The Kier molecular flexibility index (Phi) is 10.7. The standard InChI is InChI=1S/C30H43N5O5/c1-21-9-5-3-4-6-10-23(19-21)34-17-15-22(16-18-34)35-26-12-8-7-11-24(26)32-29(30(35)39)25(13-14-27(36)31-2)33-40-20-28(37)38/h7-8,11-12,21-23H,3-6,9-10,13-20H2,1-2H3,(H,31,36)(H,37,38)/b33-25+/t21-,23-/m1/s1. The van der Waals surface area contributed by atoms with Crippen LogP contribution < -0.4 is 10.9 Å². The lowest BCUT2D eigenvalue weighted by atomic mass is 9.92. The number of rotatable bonds is 9. The third-order valence-electron chi connectivity index (χ3n) is 8.34. The van der Waals surface area contributed by atoms with Crippen molar-refractivity contribution in [3.63, 3.8) is 0 Å². The molecule has 40 heavy (non-hydrogen) atoms. The second-order valence-corrected chi connectivity index (χ2v) is 11.3. The summed E-state index contributed by atoms with van der Waals surface area (Å²) in [7, 11) is 1.53. The first-order valence-corrected chi connectivity index (χ1v) is 14.7. The number of hydrogen-bond donors (Lipinski definition) is 2. The third kappa shape index (κ3) is 7.68. The number of piperidine rings is 1. The topological polar surface area (TPSA) is 126 Å². The van der Waals surface area contributed by atoms with Crippen LogP contribution in [-0.2, 0) is 14.4 Å². The highest BCUT2D eigenvalue weighted by Gasteiger charge is 2.29. The summed E-state index contributed by atoms with van der Waals surface area (Å²) in [5, 5.41) is 15.5. The number of carboxylic acids is 1. The average Bonchev–Trinajstić information content (AvgIpc) is 3.06. The number of oxime groups is 1. The smallest absolute Gasteiger partial charge is 0.344 e. The van der Waals surface area contributed by atoms with Gasteiger partial charge in [0.25, 0.3) is 5.56 Å². The highest BCUT2D eigenvalue weighted by Crippen LogP contribution is 2.30. The van der Waals surface area contributed by atoms with E-state index in [-0.39, 0.29) is 41.8 Å². The molecule has 1 amide bonds. The van der Waals surface area contributed by atoms with Gasteiger partial charge in [0.2, 0.25) is 12.5 Å². The molecule has 0 radical (unpaired) electrons. The average molecular weight is 554 g/mol. The van der Waals surface area contributed by atoms with Crippen LogP contribution in [0.3, 0.4) is 0 Å². The first kappa shape index (κ1) is 29.7. The van der Waals surface area contributed by atoms with E-state index in [0.29, 0.717) is 11.6 Å². The van der Waals surface area contributed by atoms with Crippen LogP contribution in [0.2, 0.25) is 0 Å². The molecule has 1 aliphatic heterocycles. The summed E-state index contributed by atoms with van der Waals surface area (Å²) >= 11 is 0. The quantitative estimate of drug-likeness (QED) is 0.353. The van der Waals surface area contributed by atoms with Crippen LogP contribution in [0.5, 0.6) is 0 Å². The Balaban J connectivity index is 1.62. The van der Waals surface area contributed by atoms with Gasteiger partial charge in [0.1, 0.15) is 5.71 Å². The number of likely N-dealkylation sites (tertiary alicyclic amines) is 1. The van der Waals surface area contributed by atoms with Gasteiger partial charge in [-0.05, 0) is 43.7 Å². The van der Waals surface area contributed by atoms with Gasteiger partial charge in [-0.3, -0.25) is 9.59 Å². The zero-order valence-electron chi connectivity index (χ0n) is 23.8. The van der Waals surface area contributed by atoms with Gasteiger partial charge in [0.15, 0.2) is 5.69 Å². The van der Waals surface area contributed by atoms with Crippen molar-refractivity contribution in [3.05, 3.63) is 40.3 Å². The molecular formula is C30H43N5O5. The van der Waals surface area contributed by atoms with Crippen LogP contribution in [0.4, 0.5) is 0 Å². The fourth-order valence-corrected chi connectivity index (χ4v) is 6.20.